The second kappa shape index (κ2) is 6.04. The van der Waals surface area contributed by atoms with Crippen LogP contribution in [-0.4, -0.2) is 6.17 Å². The van der Waals surface area contributed by atoms with Crippen molar-refractivity contribution in [2.75, 3.05) is 0 Å². The Morgan fingerprint density at radius 2 is 1.40 bits per heavy atom. The highest BCUT2D eigenvalue weighted by molar-refractivity contribution is 5.34. The minimum atomic E-state index is -0.862. The zero-order chi connectivity index (χ0) is 13.8. The molecular weight excluding hydrogens is 247 g/mol. The number of benzene rings is 2. The molecule has 0 aliphatic heterocycles. The molecule has 3 rings (SSSR count). The topological polar surface area (TPSA) is 0 Å². The third-order valence-corrected chi connectivity index (χ3v) is 4.09. The van der Waals surface area contributed by atoms with Gasteiger partial charge < -0.3 is 0 Å². The highest BCUT2D eigenvalue weighted by Crippen LogP contribution is 2.37. The van der Waals surface area contributed by atoms with Gasteiger partial charge in [0, 0.05) is 11.8 Å². The summed E-state index contributed by atoms with van der Waals surface area (Å²) in [5.74, 6) is -0.134. The number of halogens is 1. The molecule has 0 saturated carbocycles. The lowest BCUT2D eigenvalue weighted by Gasteiger charge is -2.26. The summed E-state index contributed by atoms with van der Waals surface area (Å²) < 4.78 is 15.1. The van der Waals surface area contributed by atoms with Crippen LogP contribution in [-0.2, 0) is 0 Å². The van der Waals surface area contributed by atoms with Crippen molar-refractivity contribution in [2.24, 2.45) is 5.92 Å². The molecule has 0 bridgehead atoms. The van der Waals surface area contributed by atoms with Gasteiger partial charge in [-0.05, 0) is 24.0 Å². The number of allylic oxidation sites excluding steroid dienone is 2. The lowest BCUT2D eigenvalue weighted by atomic mass is 9.82. The van der Waals surface area contributed by atoms with Gasteiger partial charge in [-0.3, -0.25) is 0 Å². The SMILES string of the molecule is FC(C1C=CCC1)C(c1ccccc1)c1ccccc1. The molecule has 2 atom stereocenters. The predicted octanol–water partition coefficient (Wildman–Crippen LogP) is 5.12. The van der Waals surface area contributed by atoms with Crippen molar-refractivity contribution in [3.05, 3.63) is 83.9 Å². The van der Waals surface area contributed by atoms with Crippen LogP contribution in [0.2, 0.25) is 0 Å². The molecule has 0 fully saturated rings. The molecule has 2 aromatic carbocycles. The molecule has 0 saturated heterocycles. The first-order valence-corrected chi connectivity index (χ1v) is 7.27. The molecule has 0 N–H and O–H groups in total. The van der Waals surface area contributed by atoms with E-state index in [1.54, 1.807) is 0 Å². The molecule has 2 aromatic rings. The maximum Gasteiger partial charge on any atom is 0.117 e. The lowest BCUT2D eigenvalue weighted by molar-refractivity contribution is 0.235. The van der Waals surface area contributed by atoms with Crippen molar-refractivity contribution in [2.45, 2.75) is 24.9 Å². The average molecular weight is 266 g/mol. The first kappa shape index (κ1) is 13.1. The molecule has 0 radical (unpaired) electrons. The van der Waals surface area contributed by atoms with Crippen LogP contribution in [0.5, 0.6) is 0 Å². The van der Waals surface area contributed by atoms with E-state index < -0.39 is 6.17 Å². The minimum Gasteiger partial charge on any atom is -0.246 e. The van der Waals surface area contributed by atoms with Gasteiger partial charge in [0.1, 0.15) is 6.17 Å². The summed E-state index contributed by atoms with van der Waals surface area (Å²) in [5.41, 5.74) is 2.12. The van der Waals surface area contributed by atoms with Gasteiger partial charge in [-0.15, -0.1) is 0 Å². The van der Waals surface area contributed by atoms with Crippen LogP contribution in [0.3, 0.4) is 0 Å². The fourth-order valence-electron chi connectivity index (χ4n) is 3.05. The highest BCUT2D eigenvalue weighted by atomic mass is 19.1. The lowest BCUT2D eigenvalue weighted by Crippen LogP contribution is -2.22. The maximum atomic E-state index is 15.1. The predicted molar refractivity (Wildman–Crippen MR) is 81.5 cm³/mol. The Balaban J connectivity index is 1.97. The van der Waals surface area contributed by atoms with Crippen LogP contribution in [0.4, 0.5) is 4.39 Å². The number of rotatable bonds is 4. The Labute approximate surface area is 120 Å². The summed E-state index contributed by atoms with van der Waals surface area (Å²) in [5, 5.41) is 0. The maximum absolute atomic E-state index is 15.1. The van der Waals surface area contributed by atoms with E-state index >= 15 is 4.39 Å². The van der Waals surface area contributed by atoms with Crippen LogP contribution in [0.25, 0.3) is 0 Å². The van der Waals surface area contributed by atoms with Crippen LogP contribution in [0.1, 0.15) is 29.9 Å². The van der Waals surface area contributed by atoms with E-state index in [9.17, 15) is 0 Å². The van der Waals surface area contributed by atoms with Gasteiger partial charge in [-0.25, -0.2) is 4.39 Å². The number of hydrogen-bond donors (Lipinski definition) is 0. The van der Waals surface area contributed by atoms with Crippen molar-refractivity contribution in [3.8, 4) is 0 Å². The molecule has 2 unspecified atom stereocenters. The van der Waals surface area contributed by atoms with Gasteiger partial charge in [0.25, 0.3) is 0 Å². The standard InChI is InChI=1S/C19H19F/c20-19(17-13-7-8-14-17)18(15-9-3-1-4-10-15)16-11-5-2-6-12-16/h1-7,9-13,17-19H,8,14H2. The van der Waals surface area contributed by atoms with Crippen molar-refractivity contribution >= 4 is 0 Å². The molecule has 102 valence electrons. The van der Waals surface area contributed by atoms with E-state index in [4.69, 9.17) is 0 Å². The van der Waals surface area contributed by atoms with Gasteiger partial charge in [0.15, 0.2) is 0 Å². The third-order valence-electron chi connectivity index (χ3n) is 4.09. The van der Waals surface area contributed by atoms with Crippen LogP contribution >= 0.6 is 0 Å². The fraction of sp³-hybridized carbons (Fsp3) is 0.263. The number of alkyl halides is 1. The molecule has 0 amide bonds. The fourth-order valence-corrected chi connectivity index (χ4v) is 3.05. The van der Waals surface area contributed by atoms with Crippen molar-refractivity contribution in [3.63, 3.8) is 0 Å². The Hall–Kier alpha value is -1.89. The van der Waals surface area contributed by atoms with Crippen LogP contribution < -0.4 is 0 Å². The summed E-state index contributed by atoms with van der Waals surface area (Å²) >= 11 is 0. The molecule has 1 aliphatic carbocycles. The largest absolute Gasteiger partial charge is 0.246 e. The summed E-state index contributed by atoms with van der Waals surface area (Å²) in [4.78, 5) is 0. The Kier molecular flexibility index (Phi) is 3.96. The Morgan fingerprint density at radius 3 is 1.85 bits per heavy atom. The van der Waals surface area contributed by atoms with E-state index in [1.165, 1.54) is 0 Å². The molecule has 0 spiro atoms. The van der Waals surface area contributed by atoms with Gasteiger partial charge in [0.2, 0.25) is 0 Å². The van der Waals surface area contributed by atoms with Crippen LogP contribution in [0.15, 0.2) is 72.8 Å². The molecule has 1 aliphatic rings. The summed E-state index contributed by atoms with van der Waals surface area (Å²) in [7, 11) is 0. The molecule has 0 heterocycles. The van der Waals surface area contributed by atoms with Crippen molar-refractivity contribution in [1.82, 2.24) is 0 Å². The second-order valence-electron chi connectivity index (χ2n) is 5.41. The van der Waals surface area contributed by atoms with E-state index in [0.717, 1.165) is 24.0 Å². The second-order valence-corrected chi connectivity index (χ2v) is 5.41. The van der Waals surface area contributed by atoms with E-state index in [-0.39, 0.29) is 11.8 Å². The van der Waals surface area contributed by atoms with Crippen molar-refractivity contribution < 1.29 is 4.39 Å². The molecule has 0 aromatic heterocycles. The quantitative estimate of drug-likeness (QED) is 0.673. The Morgan fingerprint density at radius 1 is 0.850 bits per heavy atom. The van der Waals surface area contributed by atoms with Crippen LogP contribution in [0, 0.1) is 5.92 Å². The highest BCUT2D eigenvalue weighted by Gasteiger charge is 2.31. The van der Waals surface area contributed by atoms with Gasteiger partial charge in [-0.1, -0.05) is 72.8 Å². The summed E-state index contributed by atoms with van der Waals surface area (Å²) in [6.45, 7) is 0. The first-order chi connectivity index (χ1) is 9.86. The Bertz CT molecular complexity index is 519. The van der Waals surface area contributed by atoms with Crippen molar-refractivity contribution in [1.29, 1.82) is 0 Å². The molecule has 0 nitrogen and oxygen atoms in total. The smallest absolute Gasteiger partial charge is 0.117 e. The molecular formula is C19H19F. The molecule has 20 heavy (non-hydrogen) atoms. The van der Waals surface area contributed by atoms with E-state index in [1.807, 2.05) is 66.7 Å². The summed E-state index contributed by atoms with van der Waals surface area (Å²) in [6, 6.07) is 20.0. The number of hydrogen-bond acceptors (Lipinski definition) is 0. The normalized spacial score (nSPS) is 19.4. The minimum absolute atomic E-state index is 0.0420. The average Bonchev–Trinajstić information content (AvgIpc) is 3.04. The van der Waals surface area contributed by atoms with E-state index in [0.29, 0.717) is 0 Å². The van der Waals surface area contributed by atoms with E-state index in [2.05, 4.69) is 6.08 Å². The zero-order valence-corrected chi connectivity index (χ0v) is 11.5. The van der Waals surface area contributed by atoms with Gasteiger partial charge in [0.05, 0.1) is 0 Å². The molecule has 1 heteroatoms. The van der Waals surface area contributed by atoms with Gasteiger partial charge >= 0.3 is 0 Å². The zero-order valence-electron chi connectivity index (χ0n) is 11.5. The van der Waals surface area contributed by atoms with Gasteiger partial charge in [-0.2, -0.15) is 0 Å². The summed E-state index contributed by atoms with van der Waals surface area (Å²) in [6.07, 6.45) is 5.21. The first-order valence-electron chi connectivity index (χ1n) is 7.27. The third kappa shape index (κ3) is 2.67. The monoisotopic (exact) mass is 266 g/mol.